The third-order valence-corrected chi connectivity index (χ3v) is 3.71. The van der Waals surface area contributed by atoms with Crippen molar-refractivity contribution < 1.29 is 14.1 Å². The van der Waals surface area contributed by atoms with Crippen LogP contribution in [0.25, 0.3) is 5.65 Å². The Kier molecular flexibility index (Phi) is 4.69. The van der Waals surface area contributed by atoms with E-state index in [4.69, 9.17) is 0 Å². The minimum atomic E-state index is -0.502. The minimum Gasteiger partial charge on any atom is -0.355 e. The molecule has 0 aliphatic rings. The number of benzene rings is 1. The molecule has 1 amide bonds. The summed E-state index contributed by atoms with van der Waals surface area (Å²) in [5, 5.41) is 13.7. The number of halogens is 1. The standard InChI is InChI=1S/C17H15FN4O3/c18-13-5-6-16-20-14(11-21(16)10-13)7-8-19-17(23)9-12-3-1-2-4-15(12)22(24)25/h1-6,10-11H,7-9H2,(H,19,23). The lowest BCUT2D eigenvalue weighted by molar-refractivity contribution is -0.385. The molecule has 0 spiro atoms. The summed E-state index contributed by atoms with van der Waals surface area (Å²) in [6, 6.07) is 9.07. The minimum absolute atomic E-state index is 0.0620. The monoisotopic (exact) mass is 342 g/mol. The van der Waals surface area contributed by atoms with Crippen molar-refractivity contribution in [1.29, 1.82) is 0 Å². The van der Waals surface area contributed by atoms with Crippen LogP contribution >= 0.6 is 0 Å². The molecule has 0 saturated carbocycles. The van der Waals surface area contributed by atoms with Gasteiger partial charge in [-0.3, -0.25) is 14.9 Å². The molecule has 2 heterocycles. The summed E-state index contributed by atoms with van der Waals surface area (Å²) in [7, 11) is 0. The van der Waals surface area contributed by atoms with Gasteiger partial charge in [0.05, 0.1) is 17.0 Å². The van der Waals surface area contributed by atoms with Gasteiger partial charge < -0.3 is 9.72 Å². The van der Waals surface area contributed by atoms with Crippen LogP contribution in [0, 0.1) is 15.9 Å². The molecule has 7 nitrogen and oxygen atoms in total. The number of nitrogens with zero attached hydrogens (tertiary/aromatic N) is 3. The Morgan fingerprint density at radius 3 is 2.84 bits per heavy atom. The van der Waals surface area contributed by atoms with Gasteiger partial charge in [-0.2, -0.15) is 0 Å². The van der Waals surface area contributed by atoms with E-state index in [1.165, 1.54) is 18.3 Å². The maximum Gasteiger partial charge on any atom is 0.273 e. The second-order valence-corrected chi connectivity index (χ2v) is 5.51. The van der Waals surface area contributed by atoms with Crippen LogP contribution in [0.2, 0.25) is 0 Å². The van der Waals surface area contributed by atoms with Gasteiger partial charge in [-0.25, -0.2) is 9.37 Å². The van der Waals surface area contributed by atoms with E-state index in [0.717, 1.165) is 5.69 Å². The van der Waals surface area contributed by atoms with Crippen LogP contribution in [0.4, 0.5) is 10.1 Å². The largest absolute Gasteiger partial charge is 0.355 e. The summed E-state index contributed by atoms with van der Waals surface area (Å²) in [4.78, 5) is 26.8. The van der Waals surface area contributed by atoms with E-state index in [-0.39, 0.29) is 23.8 Å². The predicted molar refractivity (Wildman–Crippen MR) is 88.7 cm³/mol. The van der Waals surface area contributed by atoms with E-state index >= 15 is 0 Å². The molecule has 2 aromatic heterocycles. The van der Waals surface area contributed by atoms with Crippen molar-refractivity contribution in [1.82, 2.24) is 14.7 Å². The molecule has 0 aliphatic heterocycles. The molecular weight excluding hydrogens is 327 g/mol. The van der Waals surface area contributed by atoms with E-state index in [2.05, 4.69) is 10.3 Å². The zero-order valence-electron chi connectivity index (χ0n) is 13.2. The fourth-order valence-electron chi connectivity index (χ4n) is 2.54. The average molecular weight is 342 g/mol. The summed E-state index contributed by atoms with van der Waals surface area (Å²) in [5.74, 6) is -0.654. The Hall–Kier alpha value is -3.29. The number of nitrogens with one attached hydrogen (secondary N) is 1. The van der Waals surface area contributed by atoms with Crippen molar-refractivity contribution in [2.75, 3.05) is 6.54 Å². The van der Waals surface area contributed by atoms with Crippen LogP contribution in [0.15, 0.2) is 48.8 Å². The quantitative estimate of drug-likeness (QED) is 0.550. The van der Waals surface area contributed by atoms with Gasteiger partial charge in [0.1, 0.15) is 11.5 Å². The highest BCUT2D eigenvalue weighted by molar-refractivity contribution is 5.79. The zero-order valence-corrected chi connectivity index (χ0v) is 13.2. The number of carbonyl (C=O) groups is 1. The number of hydrogen-bond donors (Lipinski definition) is 1. The highest BCUT2D eigenvalue weighted by atomic mass is 19.1. The number of nitro groups is 1. The van der Waals surface area contributed by atoms with E-state index < -0.39 is 4.92 Å². The molecule has 0 radical (unpaired) electrons. The molecule has 3 rings (SSSR count). The Labute approximate surface area is 142 Å². The highest BCUT2D eigenvalue weighted by Gasteiger charge is 2.15. The van der Waals surface area contributed by atoms with Crippen LogP contribution < -0.4 is 5.32 Å². The first-order valence-corrected chi connectivity index (χ1v) is 7.65. The third kappa shape index (κ3) is 3.97. The summed E-state index contributed by atoms with van der Waals surface area (Å²) in [6.45, 7) is 0.339. The summed E-state index contributed by atoms with van der Waals surface area (Å²) in [5.41, 5.74) is 1.65. The summed E-state index contributed by atoms with van der Waals surface area (Å²) >= 11 is 0. The molecular formula is C17H15FN4O3. The molecule has 0 saturated heterocycles. The van der Waals surface area contributed by atoms with Gasteiger partial charge in [0.2, 0.25) is 5.91 Å². The first kappa shape index (κ1) is 16.6. The molecule has 3 aromatic rings. The zero-order chi connectivity index (χ0) is 17.8. The van der Waals surface area contributed by atoms with Crippen molar-refractivity contribution >= 4 is 17.2 Å². The number of para-hydroxylation sites is 1. The van der Waals surface area contributed by atoms with Crippen molar-refractivity contribution in [3.05, 3.63) is 76.0 Å². The van der Waals surface area contributed by atoms with E-state index in [9.17, 15) is 19.3 Å². The summed E-state index contributed by atoms with van der Waals surface area (Å²) in [6.07, 6.45) is 3.45. The molecule has 1 N–H and O–H groups in total. The smallest absolute Gasteiger partial charge is 0.273 e. The van der Waals surface area contributed by atoms with E-state index in [0.29, 0.717) is 24.2 Å². The SMILES string of the molecule is O=C(Cc1ccccc1[N+](=O)[O-])NCCc1cn2cc(F)ccc2n1. The average Bonchev–Trinajstić information content (AvgIpc) is 2.96. The van der Waals surface area contributed by atoms with Crippen LogP contribution in [0.3, 0.4) is 0 Å². The van der Waals surface area contributed by atoms with Gasteiger partial charge in [0.15, 0.2) is 0 Å². The topological polar surface area (TPSA) is 89.5 Å². The number of nitro benzene ring substituents is 1. The lowest BCUT2D eigenvalue weighted by Gasteiger charge is -2.05. The molecule has 8 heteroatoms. The predicted octanol–water partition coefficient (Wildman–Crippen LogP) is 2.28. The molecule has 128 valence electrons. The summed E-state index contributed by atoms with van der Waals surface area (Å²) < 4.78 is 14.7. The highest BCUT2D eigenvalue weighted by Crippen LogP contribution is 2.17. The van der Waals surface area contributed by atoms with Gasteiger partial charge in [-0.05, 0) is 12.1 Å². The van der Waals surface area contributed by atoms with Crippen LogP contribution in [0.1, 0.15) is 11.3 Å². The number of rotatable bonds is 6. The molecule has 0 unspecified atom stereocenters. The van der Waals surface area contributed by atoms with Crippen molar-refractivity contribution in [3.63, 3.8) is 0 Å². The molecule has 0 fully saturated rings. The number of pyridine rings is 1. The van der Waals surface area contributed by atoms with Gasteiger partial charge in [-0.1, -0.05) is 18.2 Å². The number of carbonyl (C=O) groups excluding carboxylic acids is 1. The van der Waals surface area contributed by atoms with Crippen LogP contribution in [0.5, 0.6) is 0 Å². The maximum atomic E-state index is 13.1. The number of amides is 1. The number of imidazole rings is 1. The van der Waals surface area contributed by atoms with E-state index in [1.54, 1.807) is 34.9 Å². The van der Waals surface area contributed by atoms with Gasteiger partial charge >= 0.3 is 0 Å². The lowest BCUT2D eigenvalue weighted by Crippen LogP contribution is -2.27. The molecule has 25 heavy (non-hydrogen) atoms. The van der Waals surface area contributed by atoms with Crippen molar-refractivity contribution in [3.8, 4) is 0 Å². The number of hydrogen-bond acceptors (Lipinski definition) is 4. The Morgan fingerprint density at radius 2 is 2.04 bits per heavy atom. The fourth-order valence-corrected chi connectivity index (χ4v) is 2.54. The normalized spacial score (nSPS) is 10.8. The van der Waals surface area contributed by atoms with Crippen molar-refractivity contribution in [2.45, 2.75) is 12.8 Å². The van der Waals surface area contributed by atoms with E-state index in [1.807, 2.05) is 0 Å². The van der Waals surface area contributed by atoms with Gasteiger partial charge in [0.25, 0.3) is 5.69 Å². The Bertz CT molecular complexity index is 939. The van der Waals surface area contributed by atoms with Gasteiger partial charge in [-0.15, -0.1) is 0 Å². The molecule has 0 atom stereocenters. The fraction of sp³-hybridized carbons (Fsp3) is 0.176. The number of aromatic nitrogens is 2. The van der Waals surface area contributed by atoms with Crippen LogP contribution in [-0.2, 0) is 17.6 Å². The molecule has 0 bridgehead atoms. The van der Waals surface area contributed by atoms with Crippen molar-refractivity contribution in [2.24, 2.45) is 0 Å². The lowest BCUT2D eigenvalue weighted by atomic mass is 10.1. The molecule has 0 aliphatic carbocycles. The third-order valence-electron chi connectivity index (χ3n) is 3.71. The molecule has 1 aromatic carbocycles. The second kappa shape index (κ2) is 7.08. The number of fused-ring (bicyclic) bond motifs is 1. The first-order valence-electron chi connectivity index (χ1n) is 7.65. The first-order chi connectivity index (χ1) is 12.0. The Morgan fingerprint density at radius 1 is 1.24 bits per heavy atom. The maximum absolute atomic E-state index is 13.1. The van der Waals surface area contributed by atoms with Crippen LogP contribution in [-0.4, -0.2) is 26.8 Å². The Balaban J connectivity index is 1.56. The second-order valence-electron chi connectivity index (χ2n) is 5.51. The van der Waals surface area contributed by atoms with Gasteiger partial charge in [0, 0.05) is 37.0 Å².